The number of halogens is 2. The van der Waals surface area contributed by atoms with Crippen LogP contribution in [0.5, 0.6) is 0 Å². The van der Waals surface area contributed by atoms with Crippen molar-refractivity contribution in [2.75, 3.05) is 10.7 Å². The van der Waals surface area contributed by atoms with Gasteiger partial charge >= 0.3 is 0 Å². The maximum Gasteiger partial charge on any atom is 0.274 e. The Morgan fingerprint density at radius 2 is 1.74 bits per heavy atom. The molecule has 216 valence electrons. The van der Waals surface area contributed by atoms with Crippen LogP contribution in [-0.4, -0.2) is 28.7 Å². The van der Waals surface area contributed by atoms with Crippen LogP contribution < -0.4 is 10.5 Å². The van der Waals surface area contributed by atoms with Gasteiger partial charge in [0.15, 0.2) is 9.84 Å². The Morgan fingerprint density at radius 1 is 0.953 bits per heavy atom. The van der Waals surface area contributed by atoms with Gasteiger partial charge < -0.3 is 14.5 Å². The van der Waals surface area contributed by atoms with Crippen molar-refractivity contribution in [1.82, 2.24) is 14.5 Å². The summed E-state index contributed by atoms with van der Waals surface area (Å²) in [5, 5.41) is 1.52. The van der Waals surface area contributed by atoms with Gasteiger partial charge in [-0.1, -0.05) is 37.3 Å². The van der Waals surface area contributed by atoms with Crippen LogP contribution in [0.3, 0.4) is 0 Å². The number of H-pyrrole nitrogens is 1. The van der Waals surface area contributed by atoms with Crippen molar-refractivity contribution in [2.24, 2.45) is 7.05 Å². The summed E-state index contributed by atoms with van der Waals surface area (Å²) in [4.78, 5) is 23.0. The van der Waals surface area contributed by atoms with Crippen molar-refractivity contribution in [2.45, 2.75) is 18.7 Å². The predicted octanol–water partition coefficient (Wildman–Crippen LogP) is 6.54. The van der Waals surface area contributed by atoms with Crippen LogP contribution in [-0.2, 0) is 22.6 Å². The van der Waals surface area contributed by atoms with Gasteiger partial charge in [-0.05, 0) is 35.9 Å². The smallest absolute Gasteiger partial charge is 0.274 e. The molecule has 43 heavy (non-hydrogen) atoms. The van der Waals surface area contributed by atoms with Crippen molar-refractivity contribution in [1.29, 1.82) is 0 Å². The van der Waals surface area contributed by atoms with Crippen LogP contribution in [0.25, 0.3) is 32.9 Å². The largest absolute Gasteiger partial charge is 0.356 e. The summed E-state index contributed by atoms with van der Waals surface area (Å²) in [6, 6.07) is 17.6. The molecule has 10 heteroatoms. The van der Waals surface area contributed by atoms with E-state index in [-0.39, 0.29) is 22.8 Å². The summed E-state index contributed by atoms with van der Waals surface area (Å²) in [6.45, 7) is 1.60. The Balaban J connectivity index is 1.64. The number of nitrogens with one attached hydrogen (secondary N) is 1. The zero-order valence-corrected chi connectivity index (χ0v) is 24.1. The number of para-hydroxylation sites is 1. The van der Waals surface area contributed by atoms with E-state index in [0.29, 0.717) is 44.4 Å². The topological polar surface area (TPSA) is 88.1 Å². The fourth-order valence-corrected chi connectivity index (χ4v) is 7.04. The molecule has 0 spiro atoms. The summed E-state index contributed by atoms with van der Waals surface area (Å²) in [5.74, 6) is -1.67. The van der Waals surface area contributed by atoms with Gasteiger partial charge in [-0.15, -0.1) is 0 Å². The first kappa shape index (κ1) is 27.0. The standard InChI is InChI=1S/C33H26F2N4O3S/c1-3-43(41,42)18-19-9-11-27-23(14-19)25-17-38(2)33(40)31-29(25)24(16-37-31)32(39(27)28-12-10-21(34)15-26(28)35)22-8-4-6-20-7-5-13-36-30(20)22/h4-17,32,37H,3,18H2,1-2H3. The minimum absolute atomic E-state index is 0.0147. The second kappa shape index (κ2) is 9.88. The zero-order chi connectivity index (χ0) is 30.0. The molecule has 0 fully saturated rings. The lowest BCUT2D eigenvalue weighted by atomic mass is 9.93. The van der Waals surface area contributed by atoms with E-state index in [1.807, 2.05) is 30.3 Å². The molecule has 0 bridgehead atoms. The summed E-state index contributed by atoms with van der Waals surface area (Å²) in [6.07, 6.45) is 5.17. The summed E-state index contributed by atoms with van der Waals surface area (Å²) in [7, 11) is -1.71. The molecular weight excluding hydrogens is 570 g/mol. The molecule has 0 saturated carbocycles. The number of sulfone groups is 1. The first-order valence-electron chi connectivity index (χ1n) is 13.8. The first-order valence-corrected chi connectivity index (χ1v) is 15.6. The molecule has 7 nitrogen and oxygen atoms in total. The molecule has 1 N–H and O–H groups in total. The summed E-state index contributed by atoms with van der Waals surface area (Å²) in [5.41, 5.74) is 4.80. The quantitative estimate of drug-likeness (QED) is 0.244. The minimum atomic E-state index is -3.36. The lowest BCUT2D eigenvalue weighted by Gasteiger charge is -2.35. The van der Waals surface area contributed by atoms with Gasteiger partial charge in [-0.2, -0.15) is 0 Å². The number of hydrogen-bond donors (Lipinski definition) is 1. The molecule has 3 aromatic heterocycles. The molecule has 1 aliphatic rings. The molecule has 3 aromatic carbocycles. The van der Waals surface area contributed by atoms with Gasteiger partial charge in [0, 0.05) is 70.5 Å². The predicted molar refractivity (Wildman–Crippen MR) is 164 cm³/mol. The highest BCUT2D eigenvalue weighted by Crippen LogP contribution is 2.51. The van der Waals surface area contributed by atoms with Gasteiger partial charge in [0.2, 0.25) is 0 Å². The first-order chi connectivity index (χ1) is 20.7. The van der Waals surface area contributed by atoms with E-state index >= 15 is 4.39 Å². The molecule has 0 aliphatic carbocycles. The van der Waals surface area contributed by atoms with Crippen LogP contribution in [0.2, 0.25) is 0 Å². The molecule has 1 aliphatic heterocycles. The molecule has 7 rings (SSSR count). The third kappa shape index (κ3) is 4.32. The second-order valence-corrected chi connectivity index (χ2v) is 13.1. The number of aryl methyl sites for hydroxylation is 1. The van der Waals surface area contributed by atoms with E-state index < -0.39 is 27.5 Å². The van der Waals surface area contributed by atoms with Gasteiger partial charge in [-0.3, -0.25) is 9.78 Å². The molecule has 6 aromatic rings. The lowest BCUT2D eigenvalue weighted by Crippen LogP contribution is -2.26. The number of anilines is 2. The van der Waals surface area contributed by atoms with Crippen molar-refractivity contribution in [3.8, 4) is 11.1 Å². The lowest BCUT2D eigenvalue weighted by molar-refractivity contribution is 0.580. The summed E-state index contributed by atoms with van der Waals surface area (Å²) < 4.78 is 56.8. The number of rotatable bonds is 5. The maximum atomic E-state index is 15.8. The highest BCUT2D eigenvalue weighted by atomic mass is 32.2. The van der Waals surface area contributed by atoms with E-state index in [1.54, 1.807) is 55.7 Å². The highest BCUT2D eigenvalue weighted by molar-refractivity contribution is 7.90. The van der Waals surface area contributed by atoms with Gasteiger partial charge in [0.1, 0.15) is 17.2 Å². The second-order valence-electron chi connectivity index (χ2n) is 10.8. The average Bonchev–Trinajstić information content (AvgIpc) is 3.39. The molecule has 1 atom stereocenters. The average molecular weight is 597 g/mol. The number of nitrogens with zero attached hydrogens (tertiary/aromatic N) is 3. The maximum absolute atomic E-state index is 15.8. The normalized spacial score (nSPS) is 14.7. The highest BCUT2D eigenvalue weighted by Gasteiger charge is 2.36. The fraction of sp³-hybridized carbons (Fsp3) is 0.152. The van der Waals surface area contributed by atoms with E-state index in [4.69, 9.17) is 0 Å². The van der Waals surface area contributed by atoms with Crippen molar-refractivity contribution < 1.29 is 17.2 Å². The van der Waals surface area contributed by atoms with E-state index in [9.17, 15) is 17.6 Å². The fourth-order valence-electron chi connectivity index (χ4n) is 6.14. The number of benzene rings is 3. The number of hydrogen-bond acceptors (Lipinski definition) is 5. The SMILES string of the molecule is CCS(=O)(=O)Cc1ccc2c(c1)-c1cn(C)c(=O)c3[nH]cc(c13)C(c1cccc3cccnc13)N2c1ccc(F)cc1F. The third-order valence-corrected chi connectivity index (χ3v) is 9.81. The van der Waals surface area contributed by atoms with Crippen LogP contribution in [0, 0.1) is 11.6 Å². The van der Waals surface area contributed by atoms with Gasteiger partial charge in [-0.25, -0.2) is 17.2 Å². The Morgan fingerprint density at radius 3 is 2.53 bits per heavy atom. The van der Waals surface area contributed by atoms with Crippen molar-refractivity contribution >= 4 is 43.0 Å². The van der Waals surface area contributed by atoms with Crippen molar-refractivity contribution in [3.63, 3.8) is 0 Å². The van der Waals surface area contributed by atoms with Crippen LogP contribution in [0.4, 0.5) is 20.2 Å². The molecule has 1 unspecified atom stereocenters. The van der Waals surface area contributed by atoms with Crippen LogP contribution >= 0.6 is 0 Å². The Bertz CT molecular complexity index is 2250. The molecule has 0 saturated heterocycles. The number of pyridine rings is 2. The Labute approximate surface area is 246 Å². The van der Waals surface area contributed by atoms with Crippen LogP contribution in [0.15, 0.2) is 90.1 Å². The van der Waals surface area contributed by atoms with E-state index in [0.717, 1.165) is 17.0 Å². The molecular formula is C33H26F2N4O3S. The number of fused-ring (bicyclic) bond motifs is 3. The number of aromatic amines is 1. The monoisotopic (exact) mass is 596 g/mol. The van der Waals surface area contributed by atoms with E-state index in [1.165, 1.54) is 16.7 Å². The molecule has 0 radical (unpaired) electrons. The van der Waals surface area contributed by atoms with Gasteiger partial charge in [0.05, 0.1) is 28.7 Å². The third-order valence-electron chi connectivity index (χ3n) is 8.15. The molecule has 4 heterocycles. The van der Waals surface area contributed by atoms with Gasteiger partial charge in [0.25, 0.3) is 5.56 Å². The Hall–Kier alpha value is -4.83. The molecule has 0 amide bonds. The minimum Gasteiger partial charge on any atom is -0.356 e. The van der Waals surface area contributed by atoms with Crippen LogP contribution in [0.1, 0.15) is 29.7 Å². The Kier molecular flexibility index (Phi) is 6.21. The number of aromatic nitrogens is 3. The van der Waals surface area contributed by atoms with Crippen molar-refractivity contribution in [3.05, 3.63) is 124 Å². The zero-order valence-electron chi connectivity index (χ0n) is 23.3. The summed E-state index contributed by atoms with van der Waals surface area (Å²) >= 11 is 0. The van der Waals surface area contributed by atoms with E-state index in [2.05, 4.69) is 9.97 Å².